The normalized spacial score (nSPS) is 12.1. The van der Waals surface area contributed by atoms with E-state index in [4.69, 9.17) is 0 Å². The second kappa shape index (κ2) is 7.94. The quantitative estimate of drug-likeness (QED) is 0.604. The van der Waals surface area contributed by atoms with Crippen molar-refractivity contribution in [3.05, 3.63) is 47.9 Å². The van der Waals surface area contributed by atoms with E-state index in [-0.39, 0.29) is 23.2 Å². The maximum absolute atomic E-state index is 13.1. The zero-order valence-corrected chi connectivity index (χ0v) is 17.1. The molecule has 0 fully saturated rings. The van der Waals surface area contributed by atoms with Crippen LogP contribution in [0.5, 0.6) is 0 Å². The van der Waals surface area contributed by atoms with Crippen LogP contribution in [-0.4, -0.2) is 41.0 Å². The smallest absolute Gasteiger partial charge is 0.370 e. The van der Waals surface area contributed by atoms with E-state index in [0.717, 1.165) is 12.5 Å². The van der Waals surface area contributed by atoms with Crippen LogP contribution in [0.15, 0.2) is 41.6 Å². The van der Waals surface area contributed by atoms with Gasteiger partial charge in [0.15, 0.2) is 9.84 Å². The summed E-state index contributed by atoms with van der Waals surface area (Å²) in [5, 5.41) is 9.70. The Kier molecular flexibility index (Phi) is 5.70. The lowest BCUT2D eigenvalue weighted by molar-refractivity contribution is -0.137. The fourth-order valence-corrected chi connectivity index (χ4v) is 3.33. The number of nitrogens with zero attached hydrogens (tertiary/aromatic N) is 4. The van der Waals surface area contributed by atoms with Crippen LogP contribution in [0.25, 0.3) is 5.69 Å². The average molecular weight is 440 g/mol. The number of sulfone groups is 1. The van der Waals surface area contributed by atoms with Crippen LogP contribution in [-0.2, 0) is 16.0 Å². The van der Waals surface area contributed by atoms with Crippen molar-refractivity contribution in [3.8, 4) is 5.69 Å². The molecule has 0 unspecified atom stereocenters. The number of halogens is 3. The molecule has 1 aromatic carbocycles. The van der Waals surface area contributed by atoms with Crippen LogP contribution < -0.4 is 10.6 Å². The highest BCUT2D eigenvalue weighted by Gasteiger charge is 2.35. The molecule has 0 radical (unpaired) electrons. The minimum atomic E-state index is -4.57. The summed E-state index contributed by atoms with van der Waals surface area (Å²) in [5.74, 6) is -0.335. The zero-order chi connectivity index (χ0) is 22.1. The van der Waals surface area contributed by atoms with Gasteiger partial charge >= 0.3 is 6.18 Å². The average Bonchev–Trinajstić information content (AvgIpc) is 3.01. The van der Waals surface area contributed by atoms with E-state index < -0.39 is 21.6 Å². The molecule has 0 aliphatic heterocycles. The van der Waals surface area contributed by atoms with Crippen molar-refractivity contribution < 1.29 is 21.6 Å². The summed E-state index contributed by atoms with van der Waals surface area (Å²) in [4.78, 5) is 7.87. The molecule has 0 bridgehead atoms. The van der Waals surface area contributed by atoms with E-state index in [2.05, 4.69) is 25.7 Å². The van der Waals surface area contributed by atoms with Crippen molar-refractivity contribution in [3.63, 3.8) is 0 Å². The van der Waals surface area contributed by atoms with Gasteiger partial charge in [0.2, 0.25) is 5.95 Å². The monoisotopic (exact) mass is 440 g/mol. The Morgan fingerprint density at radius 1 is 1.13 bits per heavy atom. The van der Waals surface area contributed by atoms with E-state index in [1.54, 1.807) is 30.7 Å². The molecule has 12 heteroatoms. The third-order valence-electron chi connectivity index (χ3n) is 4.20. The topological polar surface area (TPSA) is 102 Å². The van der Waals surface area contributed by atoms with Gasteiger partial charge < -0.3 is 10.6 Å². The molecule has 2 N–H and O–H groups in total. The van der Waals surface area contributed by atoms with Gasteiger partial charge in [-0.3, -0.25) is 0 Å². The molecule has 30 heavy (non-hydrogen) atoms. The van der Waals surface area contributed by atoms with Crippen LogP contribution in [0.1, 0.15) is 18.2 Å². The Hall–Kier alpha value is -3.15. The Labute approximate surface area is 171 Å². The molecule has 0 saturated heterocycles. The first-order valence-electron chi connectivity index (χ1n) is 8.81. The van der Waals surface area contributed by atoms with Gasteiger partial charge in [-0.1, -0.05) is 0 Å². The third kappa shape index (κ3) is 4.53. The van der Waals surface area contributed by atoms with Crippen LogP contribution in [0.4, 0.5) is 30.6 Å². The van der Waals surface area contributed by atoms with Crippen molar-refractivity contribution >= 4 is 27.3 Å². The Morgan fingerprint density at radius 3 is 2.37 bits per heavy atom. The van der Waals surface area contributed by atoms with Crippen molar-refractivity contribution in [2.45, 2.75) is 24.9 Å². The van der Waals surface area contributed by atoms with E-state index in [1.807, 2.05) is 0 Å². The van der Waals surface area contributed by atoms with Crippen LogP contribution in [0.3, 0.4) is 0 Å². The number of rotatable bonds is 6. The molecule has 0 aliphatic carbocycles. The summed E-state index contributed by atoms with van der Waals surface area (Å²) in [6, 6.07) is 6.16. The molecule has 3 rings (SSSR count). The molecule has 0 aliphatic rings. The van der Waals surface area contributed by atoms with Crippen LogP contribution in [0.2, 0.25) is 0 Å². The van der Waals surface area contributed by atoms with Gasteiger partial charge in [0.05, 0.1) is 28.2 Å². The van der Waals surface area contributed by atoms with Gasteiger partial charge in [-0.25, -0.2) is 18.1 Å². The summed E-state index contributed by atoms with van der Waals surface area (Å²) in [5.41, 5.74) is 0.794. The lowest BCUT2D eigenvalue weighted by atomic mass is 10.3. The zero-order valence-electron chi connectivity index (χ0n) is 16.3. The van der Waals surface area contributed by atoms with Crippen LogP contribution >= 0.6 is 0 Å². The summed E-state index contributed by atoms with van der Waals surface area (Å²) in [7, 11) is -3.31. The number of hydrogen-bond donors (Lipinski definition) is 2. The highest BCUT2D eigenvalue weighted by Crippen LogP contribution is 2.34. The second-order valence-corrected chi connectivity index (χ2v) is 8.45. The molecule has 160 valence electrons. The molecule has 0 spiro atoms. The standard InChI is InChI=1S/C18H19F3N6O2S/c1-4-22-16-14(18(19,20)21)9-23-17(26-16)25-15-10-24-27(11(15)2)12-5-7-13(8-6-12)30(3,28)29/h5-10H,4H2,1-3H3,(H2,22,23,25,26). The lowest BCUT2D eigenvalue weighted by Crippen LogP contribution is -2.14. The molecular weight excluding hydrogens is 421 g/mol. The third-order valence-corrected chi connectivity index (χ3v) is 5.33. The molecular formula is C18H19F3N6O2S. The van der Waals surface area contributed by atoms with E-state index in [1.165, 1.54) is 18.3 Å². The molecule has 8 nitrogen and oxygen atoms in total. The fraction of sp³-hybridized carbons (Fsp3) is 0.278. The predicted molar refractivity (Wildman–Crippen MR) is 106 cm³/mol. The number of anilines is 3. The van der Waals surface area contributed by atoms with Crippen molar-refractivity contribution in [1.29, 1.82) is 0 Å². The summed E-state index contributed by atoms with van der Waals surface area (Å²) < 4.78 is 64.0. The van der Waals surface area contributed by atoms with Gasteiger partial charge in [-0.15, -0.1) is 0 Å². The first-order chi connectivity index (χ1) is 14.0. The molecule has 0 amide bonds. The number of aromatic nitrogens is 4. The lowest BCUT2D eigenvalue weighted by Gasteiger charge is -2.14. The van der Waals surface area contributed by atoms with Gasteiger partial charge in [-0.05, 0) is 38.1 Å². The molecule has 0 atom stereocenters. The Morgan fingerprint density at radius 2 is 1.80 bits per heavy atom. The Bertz CT molecular complexity index is 1160. The minimum absolute atomic E-state index is 0.0194. The Balaban J connectivity index is 1.89. The predicted octanol–water partition coefficient (Wildman–Crippen LogP) is 3.57. The molecule has 3 aromatic rings. The maximum atomic E-state index is 13.1. The molecule has 2 aromatic heterocycles. The van der Waals surface area contributed by atoms with Crippen molar-refractivity contribution in [2.24, 2.45) is 0 Å². The highest BCUT2D eigenvalue weighted by molar-refractivity contribution is 7.90. The van der Waals surface area contributed by atoms with E-state index in [0.29, 0.717) is 17.1 Å². The summed E-state index contributed by atoms with van der Waals surface area (Å²) >= 11 is 0. The molecule has 2 heterocycles. The minimum Gasteiger partial charge on any atom is -0.370 e. The first kappa shape index (κ1) is 21.6. The fourth-order valence-electron chi connectivity index (χ4n) is 2.70. The first-order valence-corrected chi connectivity index (χ1v) is 10.7. The summed E-state index contributed by atoms with van der Waals surface area (Å²) in [6.45, 7) is 3.67. The highest BCUT2D eigenvalue weighted by atomic mass is 32.2. The number of hydrogen-bond acceptors (Lipinski definition) is 7. The van der Waals surface area contributed by atoms with Gasteiger partial charge in [0.1, 0.15) is 11.4 Å². The van der Waals surface area contributed by atoms with E-state index in [9.17, 15) is 21.6 Å². The van der Waals surface area contributed by atoms with Gasteiger partial charge in [0, 0.05) is 19.0 Å². The van der Waals surface area contributed by atoms with Crippen molar-refractivity contribution in [1.82, 2.24) is 19.7 Å². The second-order valence-electron chi connectivity index (χ2n) is 6.43. The maximum Gasteiger partial charge on any atom is 0.421 e. The van der Waals surface area contributed by atoms with Gasteiger partial charge in [-0.2, -0.15) is 23.3 Å². The van der Waals surface area contributed by atoms with E-state index >= 15 is 0 Å². The number of nitrogens with one attached hydrogen (secondary N) is 2. The summed E-state index contributed by atoms with van der Waals surface area (Å²) in [6.07, 6.45) is -1.26. The van der Waals surface area contributed by atoms with Crippen molar-refractivity contribution in [2.75, 3.05) is 23.4 Å². The number of alkyl halides is 3. The SMILES string of the molecule is CCNc1nc(Nc2cnn(-c3ccc(S(C)(=O)=O)cc3)c2C)ncc1C(F)(F)F. The largest absolute Gasteiger partial charge is 0.421 e. The number of benzene rings is 1. The van der Waals surface area contributed by atoms with Gasteiger partial charge in [0.25, 0.3) is 0 Å². The molecule has 0 saturated carbocycles. The van der Waals surface area contributed by atoms with Crippen LogP contribution in [0, 0.1) is 6.92 Å².